The van der Waals surface area contributed by atoms with Crippen molar-refractivity contribution in [2.24, 2.45) is 0 Å². The average molecular weight is 498 g/mol. The Morgan fingerprint density at radius 3 is 2.46 bits per heavy atom. The third-order valence-electron chi connectivity index (χ3n) is 5.42. The highest BCUT2D eigenvalue weighted by molar-refractivity contribution is 7.15. The molecule has 35 heavy (non-hydrogen) atoms. The number of methoxy groups -OCH3 is 1. The number of aromatic nitrogens is 1. The maximum atomic E-state index is 12.3. The topological polar surface area (TPSA) is 66.9 Å². The molecule has 1 unspecified atom stereocenters. The van der Waals surface area contributed by atoms with E-state index in [4.69, 9.17) is 23.9 Å². The van der Waals surface area contributed by atoms with Crippen molar-refractivity contribution in [2.75, 3.05) is 20.3 Å². The number of rotatable bonds is 12. The first-order valence-electron chi connectivity index (χ1n) is 12.0. The molecule has 0 radical (unpaired) electrons. The second-order valence-corrected chi connectivity index (χ2v) is 9.80. The smallest absolute Gasteiger partial charge is 0.335 e. The van der Waals surface area contributed by atoms with Crippen molar-refractivity contribution in [1.29, 1.82) is 0 Å². The number of nitrogens with zero attached hydrogens (tertiary/aromatic N) is 1. The van der Waals surface area contributed by atoms with Crippen LogP contribution in [-0.4, -0.2) is 43.5 Å². The van der Waals surface area contributed by atoms with Gasteiger partial charge in [0.2, 0.25) is 0 Å². The number of benzene rings is 2. The highest BCUT2D eigenvalue weighted by atomic mass is 32.1. The van der Waals surface area contributed by atoms with E-state index in [2.05, 4.69) is 38.1 Å². The monoisotopic (exact) mass is 497 g/mol. The van der Waals surface area contributed by atoms with Gasteiger partial charge < -0.3 is 18.9 Å². The van der Waals surface area contributed by atoms with Crippen molar-refractivity contribution in [3.63, 3.8) is 0 Å². The zero-order valence-corrected chi connectivity index (χ0v) is 22.2. The molecule has 0 N–H and O–H groups in total. The number of hydrogen-bond acceptors (Lipinski definition) is 7. The minimum Gasteiger partial charge on any atom is -0.493 e. The molecule has 0 saturated carbocycles. The van der Waals surface area contributed by atoms with Gasteiger partial charge in [-0.2, -0.15) is 0 Å². The van der Waals surface area contributed by atoms with Crippen LogP contribution in [-0.2, 0) is 27.1 Å². The molecule has 0 saturated heterocycles. The number of carbonyl (C=O) groups is 1. The molecule has 0 spiro atoms. The molecule has 1 heterocycles. The van der Waals surface area contributed by atoms with Gasteiger partial charge in [-0.25, -0.2) is 9.78 Å². The van der Waals surface area contributed by atoms with Crippen molar-refractivity contribution in [2.45, 2.75) is 59.7 Å². The second kappa shape index (κ2) is 12.7. The predicted molar refractivity (Wildman–Crippen MR) is 140 cm³/mol. The van der Waals surface area contributed by atoms with E-state index in [-0.39, 0.29) is 12.1 Å². The fourth-order valence-corrected chi connectivity index (χ4v) is 4.63. The second-order valence-electron chi connectivity index (χ2n) is 8.60. The van der Waals surface area contributed by atoms with E-state index in [1.54, 1.807) is 25.4 Å². The van der Waals surface area contributed by atoms with Gasteiger partial charge in [-0.05, 0) is 52.3 Å². The largest absolute Gasteiger partial charge is 0.493 e. The third kappa shape index (κ3) is 7.54. The maximum Gasteiger partial charge on any atom is 0.335 e. The number of aryl methyl sites for hydroxylation is 2. The summed E-state index contributed by atoms with van der Waals surface area (Å²) >= 11 is 1.70. The summed E-state index contributed by atoms with van der Waals surface area (Å²) in [4.78, 5) is 18.3. The lowest BCUT2D eigenvalue weighted by molar-refractivity contribution is -0.159. The van der Waals surface area contributed by atoms with Gasteiger partial charge in [0, 0.05) is 23.3 Å². The van der Waals surface area contributed by atoms with E-state index < -0.39 is 6.10 Å². The number of ether oxygens (including phenoxy) is 4. The molecule has 0 fully saturated rings. The van der Waals surface area contributed by atoms with E-state index in [0.717, 1.165) is 21.8 Å². The molecular formula is C28H35NO5S. The fraction of sp³-hybridized carbons (Fsp3) is 0.429. The summed E-state index contributed by atoms with van der Waals surface area (Å²) < 4.78 is 22.6. The molecule has 1 aromatic heterocycles. The molecule has 0 bridgehead atoms. The summed E-state index contributed by atoms with van der Waals surface area (Å²) in [7, 11) is 1.61. The number of thiazole rings is 1. The van der Waals surface area contributed by atoms with Crippen LogP contribution in [0.15, 0.2) is 42.5 Å². The van der Waals surface area contributed by atoms with Gasteiger partial charge in [-0.15, -0.1) is 11.3 Å². The van der Waals surface area contributed by atoms with Crippen LogP contribution in [0.25, 0.3) is 10.6 Å². The molecule has 3 aromatic rings. The minimum atomic E-state index is -0.665. The standard InChI is InChI=1S/C28H35NO5S/c1-7-32-28(30)26(34-18(2)3)17-21-10-13-24(25(16-21)31-6)33-15-14-23-20(5)35-27(29-23)22-11-8-19(4)9-12-22/h8-13,16,18,26H,7,14-15,17H2,1-6H3. The van der Waals surface area contributed by atoms with Crippen LogP contribution in [0.3, 0.4) is 0 Å². The number of hydrogen-bond donors (Lipinski definition) is 0. The molecule has 2 aromatic carbocycles. The highest BCUT2D eigenvalue weighted by Gasteiger charge is 2.23. The summed E-state index contributed by atoms with van der Waals surface area (Å²) in [6, 6.07) is 14.1. The van der Waals surface area contributed by atoms with Crippen LogP contribution in [0.4, 0.5) is 0 Å². The Bertz CT molecular complexity index is 1110. The Morgan fingerprint density at radius 1 is 1.06 bits per heavy atom. The first-order chi connectivity index (χ1) is 16.8. The molecule has 0 aliphatic rings. The van der Waals surface area contributed by atoms with Crippen LogP contribution in [0.1, 0.15) is 42.5 Å². The Hall–Kier alpha value is -2.90. The van der Waals surface area contributed by atoms with Crippen molar-refractivity contribution in [1.82, 2.24) is 4.98 Å². The number of carbonyl (C=O) groups excluding carboxylic acids is 1. The molecule has 7 heteroatoms. The number of esters is 1. The van der Waals surface area contributed by atoms with Crippen LogP contribution in [0.2, 0.25) is 0 Å². The van der Waals surface area contributed by atoms with E-state index in [9.17, 15) is 4.79 Å². The van der Waals surface area contributed by atoms with Crippen molar-refractivity contribution in [3.05, 3.63) is 64.2 Å². The van der Waals surface area contributed by atoms with Crippen LogP contribution >= 0.6 is 11.3 Å². The van der Waals surface area contributed by atoms with Crippen molar-refractivity contribution < 1.29 is 23.7 Å². The van der Waals surface area contributed by atoms with Gasteiger partial charge in [0.1, 0.15) is 5.01 Å². The Morgan fingerprint density at radius 2 is 1.80 bits per heavy atom. The van der Waals surface area contributed by atoms with E-state index in [0.29, 0.717) is 37.6 Å². The summed E-state index contributed by atoms with van der Waals surface area (Å²) in [6.45, 7) is 10.6. The average Bonchev–Trinajstić information content (AvgIpc) is 3.20. The zero-order valence-electron chi connectivity index (χ0n) is 21.4. The molecule has 0 amide bonds. The van der Waals surface area contributed by atoms with Gasteiger partial charge in [0.25, 0.3) is 0 Å². The quantitative estimate of drug-likeness (QED) is 0.288. The summed E-state index contributed by atoms with van der Waals surface area (Å²) in [5, 5.41) is 1.03. The van der Waals surface area contributed by atoms with Crippen LogP contribution < -0.4 is 9.47 Å². The Balaban J connectivity index is 1.64. The van der Waals surface area contributed by atoms with Gasteiger partial charge in [0.05, 0.1) is 32.1 Å². The molecule has 6 nitrogen and oxygen atoms in total. The third-order valence-corrected chi connectivity index (χ3v) is 6.48. The molecular weight excluding hydrogens is 462 g/mol. The Labute approximate surface area is 212 Å². The summed E-state index contributed by atoms with van der Waals surface area (Å²) in [5.74, 6) is 0.912. The minimum absolute atomic E-state index is 0.0883. The van der Waals surface area contributed by atoms with Gasteiger partial charge in [-0.1, -0.05) is 35.9 Å². The van der Waals surface area contributed by atoms with E-state index >= 15 is 0 Å². The Kier molecular flexibility index (Phi) is 9.69. The van der Waals surface area contributed by atoms with Crippen LogP contribution in [0.5, 0.6) is 11.5 Å². The van der Waals surface area contributed by atoms with Crippen molar-refractivity contribution >= 4 is 17.3 Å². The SMILES string of the molecule is CCOC(=O)C(Cc1ccc(OCCc2nc(-c3ccc(C)cc3)sc2C)c(OC)c1)OC(C)C. The molecule has 188 valence electrons. The van der Waals surface area contributed by atoms with Gasteiger partial charge in [0.15, 0.2) is 17.6 Å². The van der Waals surface area contributed by atoms with E-state index in [1.807, 2.05) is 32.0 Å². The lowest BCUT2D eigenvalue weighted by Crippen LogP contribution is -2.31. The van der Waals surface area contributed by atoms with Crippen molar-refractivity contribution in [3.8, 4) is 22.1 Å². The zero-order chi connectivity index (χ0) is 25.4. The molecule has 0 aliphatic carbocycles. The molecule has 3 rings (SSSR count). The first-order valence-corrected chi connectivity index (χ1v) is 12.8. The summed E-state index contributed by atoms with van der Waals surface area (Å²) in [5.41, 5.74) is 4.32. The van der Waals surface area contributed by atoms with E-state index in [1.165, 1.54) is 10.4 Å². The normalized spacial score (nSPS) is 12.0. The van der Waals surface area contributed by atoms with Gasteiger partial charge >= 0.3 is 5.97 Å². The first kappa shape index (κ1) is 26.7. The predicted octanol–water partition coefficient (Wildman–Crippen LogP) is 5.96. The lowest BCUT2D eigenvalue weighted by atomic mass is 10.1. The maximum absolute atomic E-state index is 12.3. The lowest BCUT2D eigenvalue weighted by Gasteiger charge is -2.19. The van der Waals surface area contributed by atoms with Crippen LogP contribution in [0, 0.1) is 13.8 Å². The fourth-order valence-electron chi connectivity index (χ4n) is 3.66. The molecule has 1 atom stereocenters. The molecule has 0 aliphatic heterocycles. The van der Waals surface area contributed by atoms with Gasteiger partial charge in [-0.3, -0.25) is 0 Å². The summed E-state index contributed by atoms with van der Waals surface area (Å²) in [6.07, 6.45) is 0.344. The highest BCUT2D eigenvalue weighted by Crippen LogP contribution is 2.31.